The number of aromatic nitrogens is 2. The number of aliphatic hydroxyl groups is 4. The Hall–Kier alpha value is -2.53. The van der Waals surface area contributed by atoms with Crippen LogP contribution in [0.3, 0.4) is 0 Å². The molecule has 11 heteroatoms. The summed E-state index contributed by atoms with van der Waals surface area (Å²) in [7, 11) is 0. The fourth-order valence-corrected chi connectivity index (χ4v) is 4.04. The summed E-state index contributed by atoms with van der Waals surface area (Å²) in [5, 5.41) is 42.5. The molecule has 1 heterocycles. The van der Waals surface area contributed by atoms with Gasteiger partial charge in [-0.2, -0.15) is 0 Å². The number of halogens is 2. The Morgan fingerprint density at radius 3 is 2.26 bits per heavy atom. The number of aryl methyl sites for hydroxylation is 2. The maximum absolute atomic E-state index is 13.2. The quantitative estimate of drug-likeness (QED) is 0.308. The van der Waals surface area contributed by atoms with E-state index in [9.17, 15) is 24.9 Å². The highest BCUT2D eigenvalue weighted by Gasteiger charge is 2.27. The molecule has 0 aliphatic carbocycles. The van der Waals surface area contributed by atoms with Crippen molar-refractivity contribution < 1.29 is 25.2 Å². The second kappa shape index (κ2) is 10.8. The van der Waals surface area contributed by atoms with E-state index in [0.717, 1.165) is 15.7 Å². The molecule has 0 saturated heterocycles. The minimum Gasteiger partial charge on any atom is -0.394 e. The third kappa shape index (κ3) is 5.75. The van der Waals surface area contributed by atoms with Crippen molar-refractivity contribution in [3.63, 3.8) is 0 Å². The fourth-order valence-electron chi connectivity index (χ4n) is 3.46. The third-order valence-electron chi connectivity index (χ3n) is 5.50. The first-order chi connectivity index (χ1) is 16.0. The van der Waals surface area contributed by atoms with Crippen LogP contribution in [-0.4, -0.2) is 60.8 Å². The van der Waals surface area contributed by atoms with E-state index >= 15 is 0 Å². The summed E-state index contributed by atoms with van der Waals surface area (Å²) in [5.41, 5.74) is 1.83. The highest BCUT2D eigenvalue weighted by atomic mass is 35.5. The van der Waals surface area contributed by atoms with Gasteiger partial charge in [-0.3, -0.25) is 9.59 Å². The van der Waals surface area contributed by atoms with Gasteiger partial charge in [0.05, 0.1) is 24.2 Å². The standard InChI is InChI=1S/C23H25Cl2N3O6/c1-11-3-16-17(4-12(11)2)28(9-18(30)21(32)19(31)10-29)23(34)20(27-16)22(33)26-8-13-5-14(24)7-15(25)6-13/h3-7,18-19,21,29-32H,8-10H2,1-2H3,(H,26,33). The van der Waals surface area contributed by atoms with Crippen LogP contribution < -0.4 is 10.9 Å². The average molecular weight is 510 g/mol. The number of amides is 1. The van der Waals surface area contributed by atoms with Gasteiger partial charge >= 0.3 is 0 Å². The Labute approximate surface area is 205 Å². The third-order valence-corrected chi connectivity index (χ3v) is 5.93. The Balaban J connectivity index is 2.01. The zero-order valence-corrected chi connectivity index (χ0v) is 20.0. The van der Waals surface area contributed by atoms with Gasteiger partial charge in [0.2, 0.25) is 0 Å². The molecular weight excluding hydrogens is 485 g/mol. The first-order valence-electron chi connectivity index (χ1n) is 10.4. The number of hydrogen-bond acceptors (Lipinski definition) is 7. The van der Waals surface area contributed by atoms with Gasteiger partial charge < -0.3 is 30.3 Å². The molecule has 0 fully saturated rings. The van der Waals surface area contributed by atoms with Crippen LogP contribution in [-0.2, 0) is 13.1 Å². The molecule has 0 saturated carbocycles. The zero-order chi connectivity index (χ0) is 25.2. The zero-order valence-electron chi connectivity index (χ0n) is 18.5. The maximum Gasteiger partial charge on any atom is 0.282 e. The van der Waals surface area contributed by atoms with E-state index in [4.69, 9.17) is 28.3 Å². The molecule has 0 aliphatic heterocycles. The largest absolute Gasteiger partial charge is 0.394 e. The van der Waals surface area contributed by atoms with Gasteiger partial charge in [0.1, 0.15) is 18.3 Å². The van der Waals surface area contributed by atoms with Crippen LogP contribution in [0.5, 0.6) is 0 Å². The number of aliphatic hydroxyl groups excluding tert-OH is 4. The number of fused-ring (bicyclic) bond motifs is 1. The number of benzene rings is 2. The van der Waals surface area contributed by atoms with Crippen molar-refractivity contribution in [3.8, 4) is 0 Å². The van der Waals surface area contributed by atoms with Crippen molar-refractivity contribution in [3.05, 3.63) is 73.1 Å². The molecule has 1 amide bonds. The lowest BCUT2D eigenvalue weighted by Gasteiger charge is -2.23. The van der Waals surface area contributed by atoms with Crippen LogP contribution >= 0.6 is 23.2 Å². The van der Waals surface area contributed by atoms with E-state index in [-0.39, 0.29) is 6.54 Å². The second-order valence-corrected chi connectivity index (χ2v) is 8.94. The Bertz CT molecular complexity index is 1260. The lowest BCUT2D eigenvalue weighted by molar-refractivity contribution is -0.0805. The van der Waals surface area contributed by atoms with E-state index in [1.807, 2.05) is 13.8 Å². The molecule has 0 aliphatic rings. The minimum atomic E-state index is -1.71. The lowest BCUT2D eigenvalue weighted by atomic mass is 10.1. The normalized spacial score (nSPS) is 14.1. The van der Waals surface area contributed by atoms with Crippen LogP contribution in [0.2, 0.25) is 10.0 Å². The summed E-state index contributed by atoms with van der Waals surface area (Å²) in [6, 6.07) is 8.19. The van der Waals surface area contributed by atoms with Gasteiger partial charge in [-0.25, -0.2) is 4.98 Å². The number of rotatable bonds is 8. The molecular formula is C23H25Cl2N3O6. The maximum atomic E-state index is 13.2. The molecule has 9 nitrogen and oxygen atoms in total. The number of nitrogens with zero attached hydrogens (tertiary/aromatic N) is 2. The highest BCUT2D eigenvalue weighted by molar-refractivity contribution is 6.34. The predicted octanol–water partition coefficient (Wildman–Crippen LogP) is 1.33. The van der Waals surface area contributed by atoms with Gasteiger partial charge in [-0.15, -0.1) is 0 Å². The Morgan fingerprint density at radius 1 is 1.03 bits per heavy atom. The van der Waals surface area contributed by atoms with E-state index in [2.05, 4.69) is 10.3 Å². The molecule has 2 aromatic carbocycles. The molecule has 0 spiro atoms. The molecule has 34 heavy (non-hydrogen) atoms. The van der Waals surface area contributed by atoms with Crippen LogP contribution in [0, 0.1) is 13.8 Å². The average Bonchev–Trinajstić information content (AvgIpc) is 2.78. The fraction of sp³-hybridized carbons (Fsp3) is 0.348. The van der Waals surface area contributed by atoms with Crippen molar-refractivity contribution >= 4 is 40.1 Å². The summed E-state index contributed by atoms with van der Waals surface area (Å²) < 4.78 is 1.12. The van der Waals surface area contributed by atoms with E-state index in [1.165, 1.54) is 0 Å². The molecule has 3 atom stereocenters. The molecule has 0 bridgehead atoms. The Kier molecular flexibility index (Phi) is 8.29. The van der Waals surface area contributed by atoms with Crippen LogP contribution in [0.15, 0.2) is 35.1 Å². The van der Waals surface area contributed by atoms with E-state index in [1.54, 1.807) is 30.3 Å². The molecule has 182 valence electrons. The van der Waals surface area contributed by atoms with Gasteiger partial charge in [-0.1, -0.05) is 23.2 Å². The molecule has 3 rings (SSSR count). The SMILES string of the molecule is Cc1cc2nc(C(=O)NCc3cc(Cl)cc(Cl)c3)c(=O)n(CC(O)C(O)C(O)CO)c2cc1C. The summed E-state index contributed by atoms with van der Waals surface area (Å²) in [6.45, 7) is 2.51. The van der Waals surface area contributed by atoms with Crippen LogP contribution in [0.1, 0.15) is 27.2 Å². The molecule has 3 unspecified atom stereocenters. The van der Waals surface area contributed by atoms with Crippen LogP contribution in [0.25, 0.3) is 11.0 Å². The van der Waals surface area contributed by atoms with Crippen molar-refractivity contribution in [1.29, 1.82) is 0 Å². The van der Waals surface area contributed by atoms with Gasteiger partial charge in [0.15, 0.2) is 5.69 Å². The second-order valence-electron chi connectivity index (χ2n) is 8.07. The van der Waals surface area contributed by atoms with Gasteiger partial charge in [0, 0.05) is 16.6 Å². The monoisotopic (exact) mass is 509 g/mol. The molecule has 3 aromatic rings. The minimum absolute atomic E-state index is 0.0369. The number of nitrogens with one attached hydrogen (secondary N) is 1. The number of carbonyl (C=O) groups excluding carboxylic acids is 1. The highest BCUT2D eigenvalue weighted by Crippen LogP contribution is 2.20. The van der Waals surface area contributed by atoms with Crippen molar-refractivity contribution in [2.75, 3.05) is 6.61 Å². The first-order valence-corrected chi connectivity index (χ1v) is 11.2. The lowest BCUT2D eigenvalue weighted by Crippen LogP contribution is -2.44. The van der Waals surface area contributed by atoms with E-state index < -0.39 is 48.6 Å². The molecule has 0 radical (unpaired) electrons. The predicted molar refractivity (Wildman–Crippen MR) is 128 cm³/mol. The first kappa shape index (κ1) is 26.1. The smallest absolute Gasteiger partial charge is 0.282 e. The van der Waals surface area contributed by atoms with Crippen molar-refractivity contribution in [2.45, 2.75) is 45.2 Å². The summed E-state index contributed by atoms with van der Waals surface area (Å²) >= 11 is 12.0. The topological polar surface area (TPSA) is 145 Å². The molecule has 1 aromatic heterocycles. The summed E-state index contributed by atoms with van der Waals surface area (Å²) in [6.07, 6.45) is -4.91. The number of hydrogen-bond donors (Lipinski definition) is 5. The number of carbonyl (C=O) groups is 1. The van der Waals surface area contributed by atoms with E-state index in [0.29, 0.717) is 26.6 Å². The van der Waals surface area contributed by atoms with Crippen LogP contribution in [0.4, 0.5) is 0 Å². The van der Waals surface area contributed by atoms with Gasteiger partial charge in [0.25, 0.3) is 11.5 Å². The molecule has 5 N–H and O–H groups in total. The van der Waals surface area contributed by atoms with Gasteiger partial charge in [-0.05, 0) is 60.9 Å². The summed E-state index contributed by atoms with van der Waals surface area (Å²) in [5.74, 6) is -0.750. The van der Waals surface area contributed by atoms with Crippen molar-refractivity contribution in [1.82, 2.24) is 14.9 Å². The summed E-state index contributed by atoms with van der Waals surface area (Å²) in [4.78, 5) is 30.4. The van der Waals surface area contributed by atoms with Crippen molar-refractivity contribution in [2.24, 2.45) is 0 Å². The Morgan fingerprint density at radius 2 is 1.65 bits per heavy atom.